The van der Waals surface area contributed by atoms with Crippen molar-refractivity contribution in [3.05, 3.63) is 63.2 Å². The fraction of sp³-hybridized carbons (Fsp3) is 0.0667. The van der Waals surface area contributed by atoms with Crippen LogP contribution in [-0.2, 0) is 6.54 Å². The van der Waals surface area contributed by atoms with E-state index < -0.39 is 5.91 Å². The summed E-state index contributed by atoms with van der Waals surface area (Å²) in [5.41, 5.74) is 7.11. The number of hydrogen-bond acceptors (Lipinski definition) is 3. The zero-order valence-corrected chi connectivity index (χ0v) is 14.5. The van der Waals surface area contributed by atoms with E-state index in [0.29, 0.717) is 17.8 Å². The van der Waals surface area contributed by atoms with Crippen LogP contribution in [0.15, 0.2) is 48.5 Å². The SMILES string of the molecule is NC(=O)c1ccc(N(S)C(=O)NCc2cccc(I)c2)cc1. The molecule has 2 rings (SSSR count). The summed E-state index contributed by atoms with van der Waals surface area (Å²) in [5, 5.41) is 2.78. The first kappa shape index (κ1) is 16.6. The lowest BCUT2D eigenvalue weighted by Crippen LogP contribution is -2.33. The van der Waals surface area contributed by atoms with Gasteiger partial charge in [-0.3, -0.25) is 4.79 Å². The fourth-order valence-electron chi connectivity index (χ4n) is 1.78. The number of benzene rings is 2. The van der Waals surface area contributed by atoms with Crippen molar-refractivity contribution >= 4 is 53.0 Å². The molecule has 22 heavy (non-hydrogen) atoms. The third-order valence-electron chi connectivity index (χ3n) is 2.92. The highest BCUT2D eigenvalue weighted by Gasteiger charge is 2.12. The lowest BCUT2D eigenvalue weighted by atomic mass is 10.2. The van der Waals surface area contributed by atoms with E-state index in [1.807, 2.05) is 24.3 Å². The molecule has 0 fully saturated rings. The molecule has 2 aromatic rings. The number of amides is 3. The molecule has 0 atom stereocenters. The predicted molar refractivity (Wildman–Crippen MR) is 97.8 cm³/mol. The number of primary amides is 1. The van der Waals surface area contributed by atoms with Crippen molar-refractivity contribution in [2.45, 2.75) is 6.54 Å². The highest BCUT2D eigenvalue weighted by atomic mass is 127. The number of carbonyl (C=O) groups is 2. The van der Waals surface area contributed by atoms with Gasteiger partial charge in [-0.05, 0) is 64.6 Å². The van der Waals surface area contributed by atoms with Crippen molar-refractivity contribution in [1.82, 2.24) is 5.32 Å². The van der Waals surface area contributed by atoms with Crippen molar-refractivity contribution < 1.29 is 9.59 Å². The molecule has 0 aliphatic rings. The molecule has 0 aliphatic heterocycles. The topological polar surface area (TPSA) is 75.4 Å². The average molecular weight is 427 g/mol. The number of halogens is 1. The van der Waals surface area contributed by atoms with Gasteiger partial charge in [0, 0.05) is 15.7 Å². The molecule has 3 amide bonds. The molecule has 2 aromatic carbocycles. The summed E-state index contributed by atoms with van der Waals surface area (Å²) in [6.07, 6.45) is 0. The van der Waals surface area contributed by atoms with E-state index in [9.17, 15) is 9.59 Å². The Labute approximate surface area is 147 Å². The highest BCUT2D eigenvalue weighted by molar-refractivity contribution is 14.1. The number of carbonyl (C=O) groups excluding carboxylic acids is 2. The van der Waals surface area contributed by atoms with E-state index in [2.05, 4.69) is 40.7 Å². The van der Waals surface area contributed by atoms with Crippen LogP contribution in [0.1, 0.15) is 15.9 Å². The number of nitrogens with zero attached hydrogens (tertiary/aromatic N) is 1. The van der Waals surface area contributed by atoms with Gasteiger partial charge in [-0.2, -0.15) is 0 Å². The van der Waals surface area contributed by atoms with Gasteiger partial charge < -0.3 is 11.1 Å². The summed E-state index contributed by atoms with van der Waals surface area (Å²) in [5.74, 6) is -0.514. The lowest BCUT2D eigenvalue weighted by molar-refractivity contribution is 0.100. The third-order valence-corrected chi connectivity index (χ3v) is 4.01. The van der Waals surface area contributed by atoms with Crippen molar-refractivity contribution in [3.63, 3.8) is 0 Å². The Kier molecular flexibility index (Phi) is 5.67. The summed E-state index contributed by atoms with van der Waals surface area (Å²) in [6, 6.07) is 13.8. The van der Waals surface area contributed by atoms with Crippen LogP contribution in [0.4, 0.5) is 10.5 Å². The molecule has 0 aliphatic carbocycles. The molecular formula is C15H14IN3O2S. The van der Waals surface area contributed by atoms with Crippen molar-refractivity contribution in [2.75, 3.05) is 4.31 Å². The zero-order chi connectivity index (χ0) is 16.1. The summed E-state index contributed by atoms with van der Waals surface area (Å²) < 4.78 is 2.28. The predicted octanol–water partition coefficient (Wildman–Crippen LogP) is 2.95. The van der Waals surface area contributed by atoms with E-state index in [1.165, 1.54) is 4.31 Å². The van der Waals surface area contributed by atoms with Crippen LogP contribution in [0.25, 0.3) is 0 Å². The van der Waals surface area contributed by atoms with Crippen molar-refractivity contribution in [2.24, 2.45) is 5.73 Å². The Hall–Kier alpha value is -1.74. The number of anilines is 1. The van der Waals surface area contributed by atoms with Gasteiger partial charge in [-0.25, -0.2) is 9.10 Å². The van der Waals surface area contributed by atoms with Gasteiger partial charge in [0.1, 0.15) is 0 Å². The maximum atomic E-state index is 12.1. The maximum absolute atomic E-state index is 12.1. The number of hydrogen-bond donors (Lipinski definition) is 3. The number of rotatable bonds is 4. The fourth-order valence-corrected chi connectivity index (χ4v) is 2.60. The van der Waals surface area contributed by atoms with Gasteiger partial charge in [0.15, 0.2) is 0 Å². The van der Waals surface area contributed by atoms with Crippen LogP contribution < -0.4 is 15.4 Å². The van der Waals surface area contributed by atoms with Crippen molar-refractivity contribution in [3.8, 4) is 0 Å². The quantitative estimate of drug-likeness (QED) is 0.519. The molecular weight excluding hydrogens is 413 g/mol. The average Bonchev–Trinajstić information content (AvgIpc) is 2.52. The van der Waals surface area contributed by atoms with Crippen LogP contribution in [0, 0.1) is 3.57 Å². The van der Waals surface area contributed by atoms with E-state index in [1.54, 1.807) is 24.3 Å². The number of urea groups is 1. The maximum Gasteiger partial charge on any atom is 0.332 e. The molecule has 5 nitrogen and oxygen atoms in total. The minimum Gasteiger partial charge on any atom is -0.366 e. The molecule has 0 bridgehead atoms. The number of thiol groups is 1. The Bertz CT molecular complexity index is 691. The molecule has 114 valence electrons. The summed E-state index contributed by atoms with van der Waals surface area (Å²) in [6.45, 7) is 0.409. The minimum atomic E-state index is -0.514. The van der Waals surface area contributed by atoms with Crippen molar-refractivity contribution in [1.29, 1.82) is 0 Å². The van der Waals surface area contributed by atoms with Gasteiger partial charge in [-0.15, -0.1) is 0 Å². The number of nitrogens with two attached hydrogens (primary N) is 1. The zero-order valence-electron chi connectivity index (χ0n) is 11.5. The van der Waals surface area contributed by atoms with Gasteiger partial charge in [-0.1, -0.05) is 24.9 Å². The Morgan fingerprint density at radius 2 is 1.86 bits per heavy atom. The first-order valence-corrected chi connectivity index (χ1v) is 7.86. The van der Waals surface area contributed by atoms with Crippen LogP contribution in [0.2, 0.25) is 0 Å². The molecule has 0 spiro atoms. The van der Waals surface area contributed by atoms with Crippen LogP contribution >= 0.6 is 35.4 Å². The van der Waals surface area contributed by atoms with E-state index >= 15 is 0 Å². The normalized spacial score (nSPS) is 10.1. The molecule has 0 unspecified atom stereocenters. The van der Waals surface area contributed by atoms with E-state index in [4.69, 9.17) is 5.73 Å². The second kappa shape index (κ2) is 7.50. The van der Waals surface area contributed by atoms with Crippen LogP contribution in [-0.4, -0.2) is 11.9 Å². The van der Waals surface area contributed by atoms with Gasteiger partial charge in [0.2, 0.25) is 5.91 Å². The Balaban J connectivity index is 1.98. The van der Waals surface area contributed by atoms with E-state index in [0.717, 1.165) is 9.13 Å². The first-order chi connectivity index (χ1) is 10.5. The summed E-state index contributed by atoms with van der Waals surface area (Å²) in [4.78, 5) is 23.1. The van der Waals surface area contributed by atoms with E-state index in [-0.39, 0.29) is 6.03 Å². The summed E-state index contributed by atoms with van der Waals surface area (Å²) >= 11 is 6.39. The van der Waals surface area contributed by atoms with Gasteiger partial charge in [0.05, 0.1) is 5.69 Å². The van der Waals surface area contributed by atoms with Crippen LogP contribution in [0.3, 0.4) is 0 Å². The monoisotopic (exact) mass is 427 g/mol. The molecule has 0 heterocycles. The largest absolute Gasteiger partial charge is 0.366 e. The molecule has 0 aromatic heterocycles. The standard InChI is InChI=1S/C15H14IN3O2S/c16-12-3-1-2-10(8-12)9-18-15(21)19(22)13-6-4-11(5-7-13)14(17)20/h1-8,22H,9H2,(H2,17,20)(H,18,21). The molecule has 3 N–H and O–H groups in total. The van der Waals surface area contributed by atoms with Gasteiger partial charge >= 0.3 is 6.03 Å². The lowest BCUT2D eigenvalue weighted by Gasteiger charge is -2.17. The first-order valence-electron chi connectivity index (χ1n) is 6.38. The molecule has 7 heteroatoms. The molecule has 0 radical (unpaired) electrons. The van der Waals surface area contributed by atoms with Gasteiger partial charge in [0.25, 0.3) is 0 Å². The Morgan fingerprint density at radius 3 is 2.45 bits per heavy atom. The highest BCUT2D eigenvalue weighted by Crippen LogP contribution is 2.17. The smallest absolute Gasteiger partial charge is 0.332 e. The number of nitrogens with one attached hydrogen (secondary N) is 1. The minimum absolute atomic E-state index is 0.353. The Morgan fingerprint density at radius 1 is 1.18 bits per heavy atom. The summed E-state index contributed by atoms with van der Waals surface area (Å²) in [7, 11) is 0. The third kappa shape index (κ3) is 4.38. The second-order valence-electron chi connectivity index (χ2n) is 4.51. The van der Waals surface area contributed by atoms with Crippen LogP contribution in [0.5, 0.6) is 0 Å². The second-order valence-corrected chi connectivity index (χ2v) is 6.16. The molecule has 0 saturated heterocycles. The molecule has 0 saturated carbocycles.